The zero-order valence-corrected chi connectivity index (χ0v) is 16.2. The maximum atomic E-state index is 13.6. The minimum Gasteiger partial charge on any atom is -0.484 e. The van der Waals surface area contributed by atoms with E-state index in [2.05, 4.69) is 10.2 Å². The number of aromatic nitrogens is 2. The molecule has 1 saturated heterocycles. The van der Waals surface area contributed by atoms with Crippen LogP contribution in [0.5, 0.6) is 11.5 Å². The molecule has 1 atom stereocenters. The minimum absolute atomic E-state index is 0.0966. The number of rotatable bonds is 7. The number of likely N-dealkylation sites (tertiary alicyclic amines) is 1. The fraction of sp³-hybridized carbons (Fsp3) is 0.273. The number of halogens is 2. The first-order valence-electron chi connectivity index (χ1n) is 9.66. The summed E-state index contributed by atoms with van der Waals surface area (Å²) >= 11 is 0. The van der Waals surface area contributed by atoms with Crippen LogP contribution in [0.3, 0.4) is 0 Å². The van der Waals surface area contributed by atoms with Gasteiger partial charge in [0.15, 0.2) is 18.2 Å². The lowest BCUT2D eigenvalue weighted by atomic mass is 10.1. The van der Waals surface area contributed by atoms with E-state index in [0.29, 0.717) is 18.8 Å². The summed E-state index contributed by atoms with van der Waals surface area (Å²) in [5.74, 6) is -0.141. The molecule has 0 aliphatic carbocycles. The Labute approximate surface area is 172 Å². The smallest absolute Gasteiger partial charge is 0.260 e. The van der Waals surface area contributed by atoms with Crippen LogP contribution in [0.1, 0.15) is 23.7 Å². The molecule has 1 N–H and O–H groups in total. The van der Waals surface area contributed by atoms with Crippen molar-refractivity contribution in [2.75, 3.05) is 19.7 Å². The second kappa shape index (κ2) is 8.94. The Morgan fingerprint density at radius 2 is 1.93 bits per heavy atom. The summed E-state index contributed by atoms with van der Waals surface area (Å²) in [6.07, 6.45) is 0.792. The molecule has 30 heavy (non-hydrogen) atoms. The number of ether oxygens (including phenoxy) is 2. The largest absolute Gasteiger partial charge is 0.484 e. The van der Waals surface area contributed by atoms with Gasteiger partial charge in [0.1, 0.15) is 18.2 Å². The molecular weight excluding hydrogens is 392 g/mol. The predicted octanol–water partition coefficient (Wildman–Crippen LogP) is 3.66. The van der Waals surface area contributed by atoms with Gasteiger partial charge in [0, 0.05) is 19.0 Å². The van der Waals surface area contributed by atoms with Crippen LogP contribution in [-0.2, 0) is 11.4 Å². The summed E-state index contributed by atoms with van der Waals surface area (Å²) in [6.45, 7) is 1.24. The van der Waals surface area contributed by atoms with Gasteiger partial charge in [-0.3, -0.25) is 9.89 Å². The third-order valence-corrected chi connectivity index (χ3v) is 5.01. The lowest BCUT2D eigenvalue weighted by molar-refractivity contribution is -0.132. The molecule has 1 amide bonds. The third-order valence-electron chi connectivity index (χ3n) is 5.01. The van der Waals surface area contributed by atoms with E-state index in [4.69, 9.17) is 9.47 Å². The van der Waals surface area contributed by atoms with Gasteiger partial charge in [-0.25, -0.2) is 8.78 Å². The number of hydrogen-bond acceptors (Lipinski definition) is 4. The van der Waals surface area contributed by atoms with E-state index in [1.807, 2.05) is 6.07 Å². The van der Waals surface area contributed by atoms with Crippen molar-refractivity contribution in [1.29, 1.82) is 0 Å². The Morgan fingerprint density at radius 1 is 1.13 bits per heavy atom. The number of carbonyl (C=O) groups excluding carboxylic acids is 1. The molecule has 0 unspecified atom stereocenters. The molecule has 0 bridgehead atoms. The van der Waals surface area contributed by atoms with Gasteiger partial charge in [-0.15, -0.1) is 0 Å². The molecule has 1 aliphatic rings. The van der Waals surface area contributed by atoms with Gasteiger partial charge in [0.25, 0.3) is 5.91 Å². The van der Waals surface area contributed by atoms with Crippen LogP contribution in [0.25, 0.3) is 0 Å². The van der Waals surface area contributed by atoms with Crippen LogP contribution in [0.15, 0.2) is 54.6 Å². The van der Waals surface area contributed by atoms with Crippen molar-refractivity contribution >= 4 is 5.91 Å². The number of nitrogens with one attached hydrogen (secondary N) is 1. The standard InChI is InChI=1S/C22H21F2N3O3/c23-16-5-7-18(8-6-16)29-14-22(28)27-10-9-15(12-27)20-11-17(25-26-20)13-30-21-4-2-1-3-19(21)24/h1-8,11,15H,9-10,12-14H2,(H,25,26)/t15-/m0/s1. The molecule has 1 aliphatic heterocycles. The highest BCUT2D eigenvalue weighted by Crippen LogP contribution is 2.27. The number of aromatic amines is 1. The van der Waals surface area contributed by atoms with Crippen LogP contribution >= 0.6 is 0 Å². The van der Waals surface area contributed by atoms with Crippen molar-refractivity contribution in [1.82, 2.24) is 15.1 Å². The Kier molecular flexibility index (Phi) is 5.92. The molecule has 1 fully saturated rings. The number of hydrogen-bond donors (Lipinski definition) is 1. The highest BCUT2D eigenvalue weighted by atomic mass is 19.1. The van der Waals surface area contributed by atoms with E-state index >= 15 is 0 Å². The van der Waals surface area contributed by atoms with Crippen LogP contribution in [0, 0.1) is 11.6 Å². The summed E-state index contributed by atoms with van der Waals surface area (Å²) in [6, 6.07) is 13.7. The lowest BCUT2D eigenvalue weighted by Gasteiger charge is -2.16. The van der Waals surface area contributed by atoms with Gasteiger partial charge in [-0.2, -0.15) is 5.10 Å². The maximum Gasteiger partial charge on any atom is 0.260 e. The van der Waals surface area contributed by atoms with Crippen molar-refractivity contribution in [3.8, 4) is 11.5 Å². The first-order valence-corrected chi connectivity index (χ1v) is 9.66. The van der Waals surface area contributed by atoms with Crippen LogP contribution < -0.4 is 9.47 Å². The number of amides is 1. The minimum atomic E-state index is -0.412. The van der Waals surface area contributed by atoms with Gasteiger partial charge in [0.2, 0.25) is 0 Å². The zero-order chi connectivity index (χ0) is 20.9. The summed E-state index contributed by atoms with van der Waals surface area (Å²) in [5.41, 5.74) is 1.58. The molecular formula is C22H21F2N3O3. The van der Waals surface area contributed by atoms with Gasteiger partial charge >= 0.3 is 0 Å². The van der Waals surface area contributed by atoms with Crippen molar-refractivity contribution < 1.29 is 23.0 Å². The molecule has 2 aromatic carbocycles. The average molecular weight is 413 g/mol. The first-order chi connectivity index (χ1) is 14.6. The Hall–Kier alpha value is -3.42. The van der Waals surface area contributed by atoms with Gasteiger partial charge in [-0.05, 0) is 48.9 Å². The third kappa shape index (κ3) is 4.76. The number of H-pyrrole nitrogens is 1. The highest BCUT2D eigenvalue weighted by Gasteiger charge is 2.29. The molecule has 3 aromatic rings. The van der Waals surface area contributed by atoms with Crippen molar-refractivity contribution in [2.45, 2.75) is 18.9 Å². The Bertz CT molecular complexity index is 1010. The van der Waals surface area contributed by atoms with Crippen molar-refractivity contribution in [3.63, 3.8) is 0 Å². The maximum absolute atomic E-state index is 13.6. The van der Waals surface area contributed by atoms with E-state index in [1.54, 1.807) is 23.1 Å². The molecule has 156 valence electrons. The number of nitrogens with zero attached hydrogens (tertiary/aromatic N) is 2. The van der Waals surface area contributed by atoms with Crippen molar-refractivity contribution in [3.05, 3.63) is 77.6 Å². The van der Waals surface area contributed by atoms with Crippen molar-refractivity contribution in [2.24, 2.45) is 0 Å². The van der Waals surface area contributed by atoms with Gasteiger partial charge < -0.3 is 14.4 Å². The lowest BCUT2D eigenvalue weighted by Crippen LogP contribution is -2.32. The summed E-state index contributed by atoms with van der Waals surface area (Å²) in [4.78, 5) is 14.1. The molecule has 8 heteroatoms. The van der Waals surface area contributed by atoms with E-state index in [1.165, 1.54) is 30.3 Å². The Morgan fingerprint density at radius 3 is 2.73 bits per heavy atom. The molecule has 0 spiro atoms. The molecule has 0 saturated carbocycles. The van der Waals surface area contributed by atoms with E-state index in [9.17, 15) is 13.6 Å². The predicted molar refractivity (Wildman–Crippen MR) is 105 cm³/mol. The number of para-hydroxylation sites is 1. The highest BCUT2D eigenvalue weighted by molar-refractivity contribution is 5.78. The normalized spacial score (nSPS) is 15.9. The zero-order valence-electron chi connectivity index (χ0n) is 16.2. The summed E-state index contributed by atoms with van der Waals surface area (Å²) in [7, 11) is 0. The fourth-order valence-electron chi connectivity index (χ4n) is 3.38. The van der Waals surface area contributed by atoms with E-state index < -0.39 is 5.82 Å². The average Bonchev–Trinajstić information content (AvgIpc) is 3.42. The van der Waals surface area contributed by atoms with Crippen LogP contribution in [0.4, 0.5) is 8.78 Å². The monoisotopic (exact) mass is 413 g/mol. The van der Waals surface area contributed by atoms with Crippen LogP contribution in [0.2, 0.25) is 0 Å². The number of carbonyl (C=O) groups is 1. The molecule has 2 heterocycles. The van der Waals surface area contributed by atoms with E-state index in [0.717, 1.165) is 17.8 Å². The van der Waals surface area contributed by atoms with Crippen LogP contribution in [-0.4, -0.2) is 40.7 Å². The Balaban J connectivity index is 1.27. The molecule has 1 aromatic heterocycles. The summed E-state index contributed by atoms with van der Waals surface area (Å²) in [5, 5.41) is 7.24. The first kappa shape index (κ1) is 19.9. The quantitative estimate of drug-likeness (QED) is 0.642. The SMILES string of the molecule is O=C(COc1ccc(F)cc1)N1CC[C@H](c2cc(COc3ccccc3F)[nH]n2)C1. The number of benzene rings is 2. The topological polar surface area (TPSA) is 67.4 Å². The summed E-state index contributed by atoms with van der Waals surface area (Å²) < 4.78 is 37.5. The van der Waals surface area contributed by atoms with E-state index in [-0.39, 0.29) is 36.6 Å². The second-order valence-electron chi connectivity index (χ2n) is 7.11. The van der Waals surface area contributed by atoms with Gasteiger partial charge in [-0.1, -0.05) is 12.1 Å². The van der Waals surface area contributed by atoms with Gasteiger partial charge in [0.05, 0.1) is 11.4 Å². The molecule has 4 rings (SSSR count). The second-order valence-corrected chi connectivity index (χ2v) is 7.11. The fourth-order valence-corrected chi connectivity index (χ4v) is 3.38. The molecule has 6 nitrogen and oxygen atoms in total. The molecule has 0 radical (unpaired) electrons.